The monoisotopic (exact) mass is 239 g/mol. The quantitative estimate of drug-likeness (QED) is 0.870. The predicted octanol–water partition coefficient (Wildman–Crippen LogP) is 1.92. The highest BCUT2D eigenvalue weighted by Crippen LogP contribution is 2.11. The zero-order chi connectivity index (χ0) is 11.4. The number of likely N-dealkylation sites (N-methyl/N-ethyl adjacent to an activating group) is 1. The molecule has 0 aliphatic carbocycles. The minimum Gasteiger partial charge on any atom is -0.313 e. The van der Waals surface area contributed by atoms with E-state index in [1.54, 1.807) is 6.20 Å². The minimum absolute atomic E-state index is 0.643. The van der Waals surface area contributed by atoms with Gasteiger partial charge in [-0.05, 0) is 38.6 Å². The van der Waals surface area contributed by atoms with Crippen molar-refractivity contribution in [2.75, 3.05) is 20.1 Å². The number of nitrogens with one attached hydrogen (secondary N) is 1. The van der Waals surface area contributed by atoms with E-state index in [1.807, 2.05) is 12.1 Å². The Morgan fingerprint density at radius 3 is 3.19 bits per heavy atom. The summed E-state index contributed by atoms with van der Waals surface area (Å²) in [7, 11) is 2.13. The van der Waals surface area contributed by atoms with Crippen LogP contribution in [0.5, 0.6) is 0 Å². The summed E-state index contributed by atoms with van der Waals surface area (Å²) in [4.78, 5) is 6.60. The van der Waals surface area contributed by atoms with Gasteiger partial charge in [0.2, 0.25) is 0 Å². The maximum Gasteiger partial charge on any atom is 0.0558 e. The van der Waals surface area contributed by atoms with Crippen LogP contribution in [0.1, 0.15) is 18.5 Å². The second kappa shape index (κ2) is 5.62. The fraction of sp³-hybridized carbons (Fsp3) is 0.583. The standard InChI is InChI=1S/C12H18ClN3/c1-16(8-11-3-2-5-14-11)9-12-7-10(13)4-6-15-12/h4,6-7,11,14H,2-3,5,8-9H2,1H3. The van der Waals surface area contributed by atoms with E-state index >= 15 is 0 Å². The molecule has 0 spiro atoms. The van der Waals surface area contributed by atoms with Crippen LogP contribution in [-0.2, 0) is 6.54 Å². The Morgan fingerprint density at radius 2 is 2.50 bits per heavy atom. The van der Waals surface area contributed by atoms with Crippen LogP contribution >= 0.6 is 11.6 Å². The first-order chi connectivity index (χ1) is 7.74. The predicted molar refractivity (Wildman–Crippen MR) is 66.6 cm³/mol. The third-order valence-electron chi connectivity index (χ3n) is 2.90. The van der Waals surface area contributed by atoms with E-state index in [4.69, 9.17) is 11.6 Å². The van der Waals surface area contributed by atoms with Crippen molar-refractivity contribution in [1.29, 1.82) is 0 Å². The van der Waals surface area contributed by atoms with Crippen LogP contribution in [0.2, 0.25) is 5.02 Å². The molecule has 4 heteroatoms. The van der Waals surface area contributed by atoms with Crippen molar-refractivity contribution in [1.82, 2.24) is 15.2 Å². The summed E-state index contributed by atoms with van der Waals surface area (Å²) in [6, 6.07) is 4.38. The highest BCUT2D eigenvalue weighted by Gasteiger charge is 2.15. The average molecular weight is 240 g/mol. The van der Waals surface area contributed by atoms with Crippen molar-refractivity contribution in [2.24, 2.45) is 0 Å². The molecule has 3 nitrogen and oxygen atoms in total. The summed E-state index contributed by atoms with van der Waals surface area (Å²) < 4.78 is 0. The average Bonchev–Trinajstić information content (AvgIpc) is 2.70. The molecule has 16 heavy (non-hydrogen) atoms. The van der Waals surface area contributed by atoms with E-state index < -0.39 is 0 Å². The molecule has 1 fully saturated rings. The van der Waals surface area contributed by atoms with Crippen molar-refractivity contribution < 1.29 is 0 Å². The van der Waals surface area contributed by atoms with Crippen LogP contribution < -0.4 is 5.32 Å². The smallest absolute Gasteiger partial charge is 0.0558 e. The normalized spacial score (nSPS) is 20.6. The van der Waals surface area contributed by atoms with Crippen LogP contribution in [0.3, 0.4) is 0 Å². The van der Waals surface area contributed by atoms with Crippen LogP contribution in [0.15, 0.2) is 18.3 Å². The molecule has 0 amide bonds. The molecule has 2 heterocycles. The van der Waals surface area contributed by atoms with Gasteiger partial charge in [-0.1, -0.05) is 11.6 Å². The first kappa shape index (κ1) is 11.8. The summed E-state index contributed by atoms with van der Waals surface area (Å²) in [6.45, 7) is 3.10. The van der Waals surface area contributed by atoms with Gasteiger partial charge in [0.05, 0.1) is 5.69 Å². The third-order valence-corrected chi connectivity index (χ3v) is 3.14. The molecule has 1 aliphatic heterocycles. The molecule has 0 radical (unpaired) electrons. The van der Waals surface area contributed by atoms with Gasteiger partial charge in [0.1, 0.15) is 0 Å². The zero-order valence-electron chi connectivity index (χ0n) is 9.62. The molecule has 0 bridgehead atoms. The van der Waals surface area contributed by atoms with Gasteiger partial charge in [-0.2, -0.15) is 0 Å². The van der Waals surface area contributed by atoms with Gasteiger partial charge in [0, 0.05) is 30.4 Å². The Balaban J connectivity index is 1.84. The minimum atomic E-state index is 0.643. The topological polar surface area (TPSA) is 28.2 Å². The van der Waals surface area contributed by atoms with Gasteiger partial charge in [-0.15, -0.1) is 0 Å². The van der Waals surface area contributed by atoms with Crippen LogP contribution in [0.4, 0.5) is 0 Å². The number of halogens is 1. The summed E-state index contributed by atoms with van der Waals surface area (Å²) in [5.41, 5.74) is 1.04. The van der Waals surface area contributed by atoms with Crippen molar-refractivity contribution in [3.05, 3.63) is 29.0 Å². The molecule has 1 N–H and O–H groups in total. The first-order valence-electron chi connectivity index (χ1n) is 5.76. The Morgan fingerprint density at radius 1 is 1.62 bits per heavy atom. The number of hydrogen-bond acceptors (Lipinski definition) is 3. The van der Waals surface area contributed by atoms with E-state index in [0.29, 0.717) is 6.04 Å². The fourth-order valence-corrected chi connectivity index (χ4v) is 2.35. The molecule has 88 valence electrons. The number of aromatic nitrogens is 1. The fourth-order valence-electron chi connectivity index (χ4n) is 2.17. The van der Waals surface area contributed by atoms with Gasteiger partial charge >= 0.3 is 0 Å². The largest absolute Gasteiger partial charge is 0.313 e. The Bertz CT molecular complexity index is 337. The molecule has 0 saturated carbocycles. The SMILES string of the molecule is CN(Cc1cc(Cl)ccn1)CC1CCCN1. The maximum absolute atomic E-state index is 5.93. The highest BCUT2D eigenvalue weighted by atomic mass is 35.5. The van der Waals surface area contributed by atoms with Crippen molar-refractivity contribution in [3.8, 4) is 0 Å². The summed E-state index contributed by atoms with van der Waals surface area (Å²) >= 11 is 5.93. The number of pyridine rings is 1. The molecular weight excluding hydrogens is 222 g/mol. The Labute approximate surface area is 102 Å². The molecule has 1 aromatic rings. The van der Waals surface area contributed by atoms with Gasteiger partial charge in [0.25, 0.3) is 0 Å². The van der Waals surface area contributed by atoms with E-state index in [2.05, 4.69) is 22.2 Å². The second-order valence-electron chi connectivity index (χ2n) is 4.46. The molecule has 1 unspecified atom stereocenters. The molecule has 1 atom stereocenters. The van der Waals surface area contributed by atoms with Gasteiger partial charge in [-0.3, -0.25) is 9.88 Å². The van der Waals surface area contributed by atoms with E-state index in [1.165, 1.54) is 12.8 Å². The molecule has 1 saturated heterocycles. The van der Waals surface area contributed by atoms with Crippen LogP contribution in [0.25, 0.3) is 0 Å². The molecule has 1 aliphatic rings. The van der Waals surface area contributed by atoms with Crippen LogP contribution in [-0.4, -0.2) is 36.1 Å². The van der Waals surface area contributed by atoms with Gasteiger partial charge in [0.15, 0.2) is 0 Å². The summed E-state index contributed by atoms with van der Waals surface area (Å²) in [6.07, 6.45) is 4.35. The molecule has 0 aromatic carbocycles. The second-order valence-corrected chi connectivity index (χ2v) is 4.89. The molecular formula is C12H18ClN3. The maximum atomic E-state index is 5.93. The van der Waals surface area contributed by atoms with Gasteiger partial charge in [-0.25, -0.2) is 0 Å². The Hall–Kier alpha value is -0.640. The van der Waals surface area contributed by atoms with Crippen LogP contribution in [0, 0.1) is 0 Å². The molecule has 1 aromatic heterocycles. The van der Waals surface area contributed by atoms with E-state index in [0.717, 1.165) is 30.4 Å². The summed E-state index contributed by atoms with van der Waals surface area (Å²) in [5, 5.41) is 4.26. The summed E-state index contributed by atoms with van der Waals surface area (Å²) in [5.74, 6) is 0. The van der Waals surface area contributed by atoms with E-state index in [9.17, 15) is 0 Å². The lowest BCUT2D eigenvalue weighted by atomic mass is 10.2. The lowest BCUT2D eigenvalue weighted by molar-refractivity contribution is 0.290. The van der Waals surface area contributed by atoms with E-state index in [-0.39, 0.29) is 0 Å². The lowest BCUT2D eigenvalue weighted by Crippen LogP contribution is -2.35. The Kier molecular flexibility index (Phi) is 4.16. The van der Waals surface area contributed by atoms with Crippen molar-refractivity contribution >= 4 is 11.6 Å². The number of rotatable bonds is 4. The highest BCUT2D eigenvalue weighted by molar-refractivity contribution is 6.30. The van der Waals surface area contributed by atoms with Crippen molar-refractivity contribution in [3.63, 3.8) is 0 Å². The third kappa shape index (κ3) is 3.44. The molecule has 2 rings (SSSR count). The number of hydrogen-bond donors (Lipinski definition) is 1. The lowest BCUT2D eigenvalue weighted by Gasteiger charge is -2.20. The zero-order valence-corrected chi connectivity index (χ0v) is 10.4. The van der Waals surface area contributed by atoms with Crippen molar-refractivity contribution in [2.45, 2.75) is 25.4 Å². The first-order valence-corrected chi connectivity index (χ1v) is 6.14. The van der Waals surface area contributed by atoms with Gasteiger partial charge < -0.3 is 5.32 Å². The number of nitrogens with zero attached hydrogens (tertiary/aromatic N) is 2.